The Balaban J connectivity index is 3.11. The lowest BCUT2D eigenvalue weighted by Gasteiger charge is -2.18. The van der Waals surface area contributed by atoms with Crippen molar-refractivity contribution in [3.8, 4) is 0 Å². The molecular weight excluding hydrogens is 260 g/mol. The van der Waals surface area contributed by atoms with Gasteiger partial charge in [0.25, 0.3) is 6.43 Å². The molecule has 1 aromatic rings. The average Bonchev–Trinajstić information content (AvgIpc) is 2.24. The van der Waals surface area contributed by atoms with Gasteiger partial charge in [0.1, 0.15) is 5.82 Å². The van der Waals surface area contributed by atoms with E-state index in [9.17, 15) is 26.3 Å². The summed E-state index contributed by atoms with van der Waals surface area (Å²) in [5, 5.41) is 2.33. The van der Waals surface area contributed by atoms with Crippen molar-refractivity contribution >= 4 is 0 Å². The number of benzene rings is 1. The number of rotatable bonds is 4. The third-order valence-electron chi connectivity index (χ3n) is 2.34. The number of hydrogen-bond acceptors (Lipinski definition) is 1. The Hall–Kier alpha value is -1.24. The van der Waals surface area contributed by atoms with Gasteiger partial charge in [-0.1, -0.05) is 13.0 Å². The Kier molecular flexibility index (Phi) is 4.61. The molecule has 102 valence electrons. The van der Waals surface area contributed by atoms with Gasteiger partial charge in [-0.15, -0.1) is 0 Å². The van der Waals surface area contributed by atoms with E-state index in [-0.39, 0.29) is 12.6 Å². The molecule has 0 fully saturated rings. The van der Waals surface area contributed by atoms with Crippen LogP contribution in [0.15, 0.2) is 18.2 Å². The summed E-state index contributed by atoms with van der Waals surface area (Å²) in [5.41, 5.74) is -1.67. The van der Waals surface area contributed by atoms with E-state index < -0.39 is 35.6 Å². The van der Waals surface area contributed by atoms with Crippen molar-refractivity contribution in [2.24, 2.45) is 0 Å². The van der Waals surface area contributed by atoms with E-state index in [4.69, 9.17) is 0 Å². The van der Waals surface area contributed by atoms with Gasteiger partial charge in [-0.2, -0.15) is 13.2 Å². The van der Waals surface area contributed by atoms with Crippen LogP contribution in [0.4, 0.5) is 26.3 Å². The van der Waals surface area contributed by atoms with Crippen LogP contribution in [0.25, 0.3) is 0 Å². The van der Waals surface area contributed by atoms with E-state index >= 15 is 0 Å². The summed E-state index contributed by atoms with van der Waals surface area (Å²) < 4.78 is 75.5. The summed E-state index contributed by atoms with van der Waals surface area (Å²) >= 11 is 0. The lowest BCUT2D eigenvalue weighted by molar-refractivity contribution is -0.137. The normalized spacial score (nSPS) is 14.0. The summed E-state index contributed by atoms with van der Waals surface area (Å²) in [7, 11) is 0. The van der Waals surface area contributed by atoms with Gasteiger partial charge < -0.3 is 5.32 Å². The van der Waals surface area contributed by atoms with E-state index in [0.29, 0.717) is 6.07 Å². The lowest BCUT2D eigenvalue weighted by Crippen LogP contribution is -2.28. The van der Waals surface area contributed by atoms with Crippen molar-refractivity contribution in [1.82, 2.24) is 5.32 Å². The van der Waals surface area contributed by atoms with Gasteiger partial charge >= 0.3 is 6.18 Å². The van der Waals surface area contributed by atoms with Crippen LogP contribution in [-0.4, -0.2) is 13.0 Å². The summed E-state index contributed by atoms with van der Waals surface area (Å²) in [6.07, 6.45) is -7.60. The van der Waals surface area contributed by atoms with Crippen molar-refractivity contribution in [2.45, 2.75) is 25.6 Å². The fraction of sp³-hybridized carbons (Fsp3) is 0.455. The van der Waals surface area contributed by atoms with Crippen LogP contribution >= 0.6 is 0 Å². The van der Waals surface area contributed by atoms with E-state index in [1.54, 1.807) is 0 Å². The summed E-state index contributed by atoms with van der Waals surface area (Å²) in [4.78, 5) is 0. The first-order chi connectivity index (χ1) is 8.27. The fourth-order valence-electron chi connectivity index (χ4n) is 1.51. The zero-order valence-corrected chi connectivity index (χ0v) is 9.36. The molecule has 7 heteroatoms. The molecule has 0 amide bonds. The molecule has 0 aliphatic heterocycles. The second-order valence-corrected chi connectivity index (χ2v) is 3.60. The van der Waals surface area contributed by atoms with Crippen molar-refractivity contribution in [3.05, 3.63) is 35.1 Å². The lowest BCUT2D eigenvalue weighted by atomic mass is 10.0. The molecule has 1 unspecified atom stereocenters. The minimum atomic E-state index is -4.70. The minimum absolute atomic E-state index is 0.148. The molecule has 1 rings (SSSR count). The summed E-state index contributed by atoms with van der Waals surface area (Å²) in [6.45, 7) is 1.69. The Morgan fingerprint density at radius 2 is 1.83 bits per heavy atom. The molecule has 0 bridgehead atoms. The van der Waals surface area contributed by atoms with Gasteiger partial charge in [-0.05, 0) is 18.7 Å². The third-order valence-corrected chi connectivity index (χ3v) is 2.34. The molecule has 0 aromatic heterocycles. The molecule has 0 aliphatic carbocycles. The van der Waals surface area contributed by atoms with Gasteiger partial charge in [-0.25, -0.2) is 13.2 Å². The maximum absolute atomic E-state index is 13.4. The maximum Gasteiger partial charge on any atom is 0.416 e. The molecule has 0 saturated heterocycles. The van der Waals surface area contributed by atoms with Crippen molar-refractivity contribution in [1.29, 1.82) is 0 Å². The van der Waals surface area contributed by atoms with Gasteiger partial charge in [0.2, 0.25) is 0 Å². The van der Waals surface area contributed by atoms with Crippen LogP contribution in [-0.2, 0) is 6.18 Å². The molecule has 18 heavy (non-hydrogen) atoms. The third kappa shape index (κ3) is 3.38. The molecule has 0 aliphatic rings. The zero-order chi connectivity index (χ0) is 13.9. The van der Waals surface area contributed by atoms with Crippen LogP contribution < -0.4 is 5.32 Å². The standard InChI is InChI=1S/C11H11F6N/c1-2-18-9(10(13)14)7-4-3-6(5-8(7)12)11(15,16)17/h3-5,9-10,18H,2H2,1H3. The molecular formula is C11H11F6N. The van der Waals surface area contributed by atoms with Gasteiger partial charge in [0, 0.05) is 5.56 Å². The molecule has 1 aromatic carbocycles. The zero-order valence-electron chi connectivity index (χ0n) is 9.36. The summed E-state index contributed by atoms with van der Waals surface area (Å²) in [6, 6.07) is -0.0672. The fourth-order valence-corrected chi connectivity index (χ4v) is 1.51. The first-order valence-electron chi connectivity index (χ1n) is 5.15. The van der Waals surface area contributed by atoms with Crippen molar-refractivity contribution in [2.75, 3.05) is 6.54 Å². The van der Waals surface area contributed by atoms with Crippen LogP contribution in [0.1, 0.15) is 24.1 Å². The Morgan fingerprint density at radius 1 is 1.22 bits per heavy atom. The van der Waals surface area contributed by atoms with Crippen LogP contribution in [0, 0.1) is 5.82 Å². The van der Waals surface area contributed by atoms with Gasteiger partial charge in [0.05, 0.1) is 11.6 Å². The van der Waals surface area contributed by atoms with E-state index in [1.807, 2.05) is 0 Å². The molecule has 1 N–H and O–H groups in total. The summed E-state index contributed by atoms with van der Waals surface area (Å²) in [5.74, 6) is -1.30. The molecule has 0 heterocycles. The van der Waals surface area contributed by atoms with E-state index in [2.05, 4.69) is 5.32 Å². The van der Waals surface area contributed by atoms with Crippen molar-refractivity contribution < 1.29 is 26.3 Å². The quantitative estimate of drug-likeness (QED) is 0.822. The predicted molar refractivity (Wildman–Crippen MR) is 53.8 cm³/mol. The highest BCUT2D eigenvalue weighted by Gasteiger charge is 2.32. The highest BCUT2D eigenvalue weighted by Crippen LogP contribution is 2.32. The largest absolute Gasteiger partial charge is 0.416 e. The SMILES string of the molecule is CCNC(c1ccc(C(F)(F)F)cc1F)C(F)F. The average molecular weight is 271 g/mol. The monoisotopic (exact) mass is 271 g/mol. The Labute approximate surface area is 99.8 Å². The molecule has 1 nitrogen and oxygen atoms in total. The maximum atomic E-state index is 13.4. The smallest absolute Gasteiger partial charge is 0.305 e. The number of alkyl halides is 5. The first-order valence-corrected chi connectivity index (χ1v) is 5.15. The predicted octanol–water partition coefficient (Wildman–Crippen LogP) is 3.76. The van der Waals surface area contributed by atoms with Crippen molar-refractivity contribution in [3.63, 3.8) is 0 Å². The highest BCUT2D eigenvalue weighted by atomic mass is 19.4. The van der Waals surface area contributed by atoms with Crippen LogP contribution in [0.2, 0.25) is 0 Å². The van der Waals surface area contributed by atoms with Crippen LogP contribution in [0.5, 0.6) is 0 Å². The molecule has 0 spiro atoms. The Morgan fingerprint density at radius 3 is 2.22 bits per heavy atom. The number of hydrogen-bond donors (Lipinski definition) is 1. The molecule has 0 radical (unpaired) electrons. The topological polar surface area (TPSA) is 12.0 Å². The highest BCUT2D eigenvalue weighted by molar-refractivity contribution is 5.29. The molecule has 1 atom stereocenters. The first kappa shape index (κ1) is 14.8. The van der Waals surface area contributed by atoms with Gasteiger partial charge in [-0.3, -0.25) is 0 Å². The Bertz CT molecular complexity index is 401. The number of nitrogens with one attached hydrogen (secondary N) is 1. The van der Waals surface area contributed by atoms with Crippen LogP contribution in [0.3, 0.4) is 0 Å². The minimum Gasteiger partial charge on any atom is -0.305 e. The molecule has 0 saturated carbocycles. The number of halogens is 6. The van der Waals surface area contributed by atoms with Gasteiger partial charge in [0.15, 0.2) is 0 Å². The van der Waals surface area contributed by atoms with E-state index in [0.717, 1.165) is 6.07 Å². The van der Waals surface area contributed by atoms with E-state index in [1.165, 1.54) is 6.92 Å². The second-order valence-electron chi connectivity index (χ2n) is 3.60. The second kappa shape index (κ2) is 5.60.